The fourth-order valence-corrected chi connectivity index (χ4v) is 4.77. The minimum Gasteiger partial charge on any atom is -0.462 e. The lowest BCUT2D eigenvalue weighted by Gasteiger charge is -2.49. The first-order valence-electron chi connectivity index (χ1n) is 10.3. The molecular formula is C20H35N3O2. The van der Waals surface area contributed by atoms with Gasteiger partial charge in [-0.2, -0.15) is 0 Å². The smallest absolute Gasteiger partial charge is 0.330 e. The molecule has 1 aliphatic heterocycles. The predicted molar refractivity (Wildman–Crippen MR) is 99.9 cm³/mol. The molecule has 142 valence electrons. The molecule has 1 heterocycles. The number of carbonyl (C=O) groups is 1. The molecule has 1 unspecified atom stereocenters. The zero-order chi connectivity index (χ0) is 17.5. The number of ether oxygens (including phenoxy) is 1. The van der Waals surface area contributed by atoms with E-state index >= 15 is 0 Å². The van der Waals surface area contributed by atoms with Crippen molar-refractivity contribution >= 4 is 5.97 Å². The Labute approximate surface area is 152 Å². The summed E-state index contributed by atoms with van der Waals surface area (Å²) in [4.78, 5) is 16.6. The van der Waals surface area contributed by atoms with Crippen LogP contribution in [-0.4, -0.2) is 54.0 Å². The van der Waals surface area contributed by atoms with E-state index in [1.165, 1.54) is 70.3 Å². The van der Waals surface area contributed by atoms with Crippen LogP contribution in [0.2, 0.25) is 0 Å². The van der Waals surface area contributed by atoms with E-state index in [1.807, 2.05) is 0 Å². The number of carbonyl (C=O) groups excluding carboxylic acids is 1. The third-order valence-corrected chi connectivity index (χ3v) is 6.21. The maximum absolute atomic E-state index is 11.3. The molecule has 1 atom stereocenters. The summed E-state index contributed by atoms with van der Waals surface area (Å²) in [5.41, 5.74) is 0. The number of esters is 1. The van der Waals surface area contributed by atoms with Crippen LogP contribution in [0.1, 0.15) is 70.6 Å². The highest BCUT2D eigenvalue weighted by molar-refractivity contribution is 5.81. The Morgan fingerprint density at radius 3 is 2.32 bits per heavy atom. The first-order valence-corrected chi connectivity index (χ1v) is 10.3. The quantitative estimate of drug-likeness (QED) is 0.589. The van der Waals surface area contributed by atoms with Crippen molar-refractivity contribution in [3.8, 4) is 0 Å². The molecule has 1 saturated heterocycles. The second-order valence-corrected chi connectivity index (χ2v) is 7.87. The van der Waals surface area contributed by atoms with E-state index in [0.717, 1.165) is 25.8 Å². The third-order valence-electron chi connectivity index (χ3n) is 6.21. The summed E-state index contributed by atoms with van der Waals surface area (Å²) in [5.74, 6) is -0.316. The molecular weight excluding hydrogens is 314 g/mol. The van der Waals surface area contributed by atoms with Crippen molar-refractivity contribution in [2.45, 2.75) is 88.9 Å². The lowest BCUT2D eigenvalue weighted by atomic mass is 9.92. The Bertz CT molecular complexity index is 431. The van der Waals surface area contributed by atoms with Gasteiger partial charge in [0.15, 0.2) is 0 Å². The molecule has 2 saturated carbocycles. The average molecular weight is 350 g/mol. The zero-order valence-corrected chi connectivity index (χ0v) is 15.6. The average Bonchev–Trinajstić information content (AvgIpc) is 2.69. The van der Waals surface area contributed by atoms with E-state index in [-0.39, 0.29) is 5.97 Å². The van der Waals surface area contributed by atoms with Crippen LogP contribution in [0.5, 0.6) is 0 Å². The molecule has 1 N–H and O–H groups in total. The van der Waals surface area contributed by atoms with Gasteiger partial charge in [0.25, 0.3) is 0 Å². The molecule has 0 spiro atoms. The van der Waals surface area contributed by atoms with Crippen LogP contribution in [0, 0.1) is 0 Å². The van der Waals surface area contributed by atoms with Crippen LogP contribution < -0.4 is 5.32 Å². The molecule has 3 rings (SSSR count). The molecule has 0 radical (unpaired) electrons. The number of rotatable bonds is 6. The van der Waals surface area contributed by atoms with E-state index < -0.39 is 0 Å². The highest BCUT2D eigenvalue weighted by atomic mass is 16.5. The van der Waals surface area contributed by atoms with Crippen molar-refractivity contribution in [3.05, 3.63) is 12.7 Å². The number of nitrogens with one attached hydrogen (secondary N) is 1. The van der Waals surface area contributed by atoms with Gasteiger partial charge in [-0.1, -0.05) is 45.1 Å². The van der Waals surface area contributed by atoms with Gasteiger partial charge in [-0.15, -0.1) is 0 Å². The molecule has 0 amide bonds. The first kappa shape index (κ1) is 18.9. The number of hydrogen-bond acceptors (Lipinski definition) is 5. The Morgan fingerprint density at radius 1 is 1.04 bits per heavy atom. The van der Waals surface area contributed by atoms with Gasteiger partial charge in [0.1, 0.15) is 0 Å². The monoisotopic (exact) mass is 349 g/mol. The van der Waals surface area contributed by atoms with Crippen LogP contribution in [0.3, 0.4) is 0 Å². The molecule has 3 fully saturated rings. The summed E-state index contributed by atoms with van der Waals surface area (Å²) in [7, 11) is 0. The Kier molecular flexibility index (Phi) is 7.32. The van der Waals surface area contributed by atoms with Crippen LogP contribution >= 0.6 is 0 Å². The topological polar surface area (TPSA) is 44.8 Å². The Morgan fingerprint density at radius 2 is 1.68 bits per heavy atom. The lowest BCUT2D eigenvalue weighted by Crippen LogP contribution is -2.64. The molecule has 0 aromatic carbocycles. The van der Waals surface area contributed by atoms with Crippen molar-refractivity contribution in [1.82, 2.24) is 15.1 Å². The minimum absolute atomic E-state index is 0.316. The maximum atomic E-state index is 11.3. The summed E-state index contributed by atoms with van der Waals surface area (Å²) in [6, 6.07) is 1.42. The van der Waals surface area contributed by atoms with Crippen molar-refractivity contribution in [1.29, 1.82) is 0 Å². The second kappa shape index (κ2) is 9.70. The fraction of sp³-hybridized carbons (Fsp3) is 0.850. The lowest BCUT2D eigenvalue weighted by molar-refractivity contribution is -0.139. The minimum atomic E-state index is -0.316. The summed E-state index contributed by atoms with van der Waals surface area (Å²) in [5, 5.41) is 3.74. The van der Waals surface area contributed by atoms with Gasteiger partial charge in [0, 0.05) is 24.6 Å². The van der Waals surface area contributed by atoms with E-state index in [4.69, 9.17) is 4.74 Å². The van der Waals surface area contributed by atoms with Crippen LogP contribution in [0.4, 0.5) is 0 Å². The zero-order valence-electron chi connectivity index (χ0n) is 15.6. The molecule has 3 aliphatic rings. The largest absolute Gasteiger partial charge is 0.462 e. The molecule has 5 nitrogen and oxygen atoms in total. The fourth-order valence-electron chi connectivity index (χ4n) is 4.77. The molecule has 0 bridgehead atoms. The molecule has 25 heavy (non-hydrogen) atoms. The summed E-state index contributed by atoms with van der Waals surface area (Å²) in [6.07, 6.45) is 16.0. The highest BCUT2D eigenvalue weighted by Crippen LogP contribution is 2.29. The molecule has 5 heteroatoms. The van der Waals surface area contributed by atoms with Crippen LogP contribution in [0.15, 0.2) is 12.7 Å². The third kappa shape index (κ3) is 5.28. The van der Waals surface area contributed by atoms with E-state index in [2.05, 4.69) is 21.7 Å². The SMILES string of the molecule is C=CC(=O)OCCC1NCN(C2CCCCC2)CN1C1CCCCC1. The van der Waals surface area contributed by atoms with Crippen molar-refractivity contribution < 1.29 is 9.53 Å². The van der Waals surface area contributed by atoms with Crippen molar-refractivity contribution in [3.63, 3.8) is 0 Å². The summed E-state index contributed by atoms with van der Waals surface area (Å²) in [6.45, 7) is 5.97. The van der Waals surface area contributed by atoms with E-state index in [9.17, 15) is 4.79 Å². The van der Waals surface area contributed by atoms with Crippen LogP contribution in [-0.2, 0) is 9.53 Å². The summed E-state index contributed by atoms with van der Waals surface area (Å²) >= 11 is 0. The molecule has 0 aromatic rings. The predicted octanol–water partition coefficient (Wildman–Crippen LogP) is 3.22. The van der Waals surface area contributed by atoms with Gasteiger partial charge in [0.2, 0.25) is 0 Å². The maximum Gasteiger partial charge on any atom is 0.330 e. The van der Waals surface area contributed by atoms with E-state index in [0.29, 0.717) is 18.8 Å². The normalized spacial score (nSPS) is 27.9. The molecule has 2 aliphatic carbocycles. The second-order valence-electron chi connectivity index (χ2n) is 7.87. The van der Waals surface area contributed by atoms with Gasteiger partial charge in [-0.05, 0) is 25.7 Å². The Hall–Kier alpha value is -0.910. The molecule has 0 aromatic heterocycles. The van der Waals surface area contributed by atoms with Crippen molar-refractivity contribution in [2.24, 2.45) is 0 Å². The van der Waals surface area contributed by atoms with Gasteiger partial charge in [0.05, 0.1) is 26.1 Å². The van der Waals surface area contributed by atoms with Gasteiger partial charge in [-0.3, -0.25) is 15.1 Å². The first-order chi connectivity index (χ1) is 12.3. The van der Waals surface area contributed by atoms with Crippen molar-refractivity contribution in [2.75, 3.05) is 19.9 Å². The number of hydrogen-bond donors (Lipinski definition) is 1. The van der Waals surface area contributed by atoms with Gasteiger partial charge in [-0.25, -0.2) is 4.79 Å². The van der Waals surface area contributed by atoms with Gasteiger partial charge < -0.3 is 4.74 Å². The summed E-state index contributed by atoms with van der Waals surface area (Å²) < 4.78 is 5.24. The number of nitrogens with zero attached hydrogens (tertiary/aromatic N) is 2. The highest BCUT2D eigenvalue weighted by Gasteiger charge is 2.35. The van der Waals surface area contributed by atoms with Gasteiger partial charge >= 0.3 is 5.97 Å². The standard InChI is InChI=1S/C20H35N3O2/c1-2-20(24)25-14-13-19-21-15-22(17-9-5-3-6-10-17)16-23(19)18-11-7-4-8-12-18/h2,17-19,21H,1,3-16H2. The van der Waals surface area contributed by atoms with E-state index in [1.54, 1.807) is 0 Å². The Balaban J connectivity index is 1.58. The van der Waals surface area contributed by atoms with Crippen LogP contribution in [0.25, 0.3) is 0 Å².